The molecule has 10 heteroatoms. The molecule has 0 aliphatic heterocycles. The largest absolute Gasteiger partial charge is 0.339 e. The van der Waals surface area contributed by atoms with Crippen molar-refractivity contribution in [3.63, 3.8) is 0 Å². The van der Waals surface area contributed by atoms with Crippen molar-refractivity contribution in [1.82, 2.24) is 14.5 Å². The molecule has 0 saturated heterocycles. The molecule has 0 bridgehead atoms. The molecule has 380 valence electrons. The summed E-state index contributed by atoms with van der Waals surface area (Å²) < 4.78 is 5.49. The summed E-state index contributed by atoms with van der Waals surface area (Å²) >= 11 is 13.2. The smallest absolute Gasteiger partial charge is 0.110 e. The van der Waals surface area contributed by atoms with Gasteiger partial charge in [0.15, 0.2) is 0 Å². The fourth-order valence-corrected chi connectivity index (χ4v) is 18.0. The minimum absolute atomic E-state index is 0.960. The van der Waals surface area contributed by atoms with Crippen LogP contribution in [0.15, 0.2) is 120 Å². The molecule has 11 aromatic rings. The first-order valence-corrected chi connectivity index (χ1v) is 33.3. The zero-order valence-electron chi connectivity index (χ0n) is 43.2. The highest BCUT2D eigenvalue weighted by Gasteiger charge is 2.25. The summed E-state index contributed by atoms with van der Waals surface area (Å²) in [5, 5.41) is 4.38. The molecule has 0 fully saturated rings. The topological polar surface area (TPSA) is 30.7 Å². The Morgan fingerprint density at radius 1 is 0.378 bits per heavy atom. The van der Waals surface area contributed by atoms with Crippen LogP contribution in [0.25, 0.3) is 103 Å². The number of fused-ring (bicyclic) bond motifs is 4. The molecular weight excluding hydrogens is 1040 g/mol. The van der Waals surface area contributed by atoms with E-state index in [4.69, 9.17) is 9.97 Å². The van der Waals surface area contributed by atoms with Crippen LogP contribution in [-0.4, -0.2) is 14.5 Å². The van der Waals surface area contributed by atoms with Crippen LogP contribution in [0.4, 0.5) is 0 Å². The second kappa shape index (κ2) is 24.6. The third-order valence-electron chi connectivity index (χ3n) is 14.5. The van der Waals surface area contributed by atoms with Gasteiger partial charge in [-0.2, -0.15) is 0 Å². The van der Waals surface area contributed by atoms with E-state index in [0.717, 1.165) is 52.9 Å². The number of aromatic nitrogens is 3. The number of unbranched alkanes of at least 4 members (excludes halogenated alkanes) is 13. The summed E-state index contributed by atoms with van der Waals surface area (Å²) in [6.07, 6.45) is 23.0. The van der Waals surface area contributed by atoms with Crippen LogP contribution < -0.4 is 0 Å². The zero-order chi connectivity index (χ0) is 50.2. The Bertz CT molecular complexity index is 3520. The molecule has 2 aromatic carbocycles. The number of aryl methyl sites for hydroxylation is 3. The summed E-state index contributed by atoms with van der Waals surface area (Å²) in [6, 6.07) is 41.7. The first-order valence-electron chi connectivity index (χ1n) is 27.4. The number of hydrogen-bond donors (Lipinski definition) is 0. The van der Waals surface area contributed by atoms with Crippen molar-refractivity contribution in [3.8, 4) is 71.3 Å². The predicted octanol–water partition coefficient (Wildman–Crippen LogP) is 23.2. The highest BCUT2D eigenvalue weighted by atomic mass is 32.1. The Labute approximate surface area is 466 Å². The van der Waals surface area contributed by atoms with Crippen molar-refractivity contribution < 1.29 is 0 Å². The molecule has 0 aliphatic rings. The zero-order valence-corrected chi connectivity index (χ0v) is 48.9. The second-order valence-corrected chi connectivity index (χ2v) is 27.1. The average molecular weight is 1100 g/mol. The van der Waals surface area contributed by atoms with Crippen LogP contribution in [0, 0.1) is 0 Å². The monoisotopic (exact) mass is 1100 g/mol. The van der Waals surface area contributed by atoms with Gasteiger partial charge in [-0.3, -0.25) is 0 Å². The third-order valence-corrected chi connectivity index (χ3v) is 22.9. The minimum Gasteiger partial charge on any atom is -0.339 e. The van der Waals surface area contributed by atoms with Gasteiger partial charge in [0.05, 0.1) is 41.6 Å². The average Bonchev–Trinajstić information content (AvgIpc) is 4.28. The predicted molar refractivity (Wildman–Crippen MR) is 334 cm³/mol. The Balaban J connectivity index is 0.994. The van der Waals surface area contributed by atoms with Crippen LogP contribution >= 0.6 is 79.4 Å². The van der Waals surface area contributed by atoms with Crippen molar-refractivity contribution in [1.29, 1.82) is 0 Å². The standard InChI is InChI=1S/C64H67N3S7/c1-4-7-10-13-15-17-22-43-26-30-45(31-27-43)57-58(46-32-28-44(29-33-46)23-18-16-14-11-8-5-2)66-60-59(65-57)63(53-36-34-51(70-53)49-24-20-39-68-49)74-64(60)54-37-35-52(71-54)56-42-48-62(73-56)61-47(67(48)38-19-12-9-6-3)41-55(72-61)50-25-21-40-69-50/h20-21,24-37,39-42H,4-19,22-23,38H2,1-3H3. The molecule has 11 rings (SSSR count). The van der Waals surface area contributed by atoms with Gasteiger partial charge in [0.25, 0.3) is 0 Å². The molecule has 9 aromatic heterocycles. The molecule has 0 N–H and O–H groups in total. The van der Waals surface area contributed by atoms with Crippen LogP contribution in [0.5, 0.6) is 0 Å². The molecule has 0 spiro atoms. The Hall–Kier alpha value is -4.52. The van der Waals surface area contributed by atoms with E-state index >= 15 is 0 Å². The maximum atomic E-state index is 5.82. The first kappa shape index (κ1) is 51.6. The molecule has 3 nitrogen and oxygen atoms in total. The number of benzene rings is 2. The Morgan fingerprint density at radius 3 is 1.27 bits per heavy atom. The molecule has 0 unspecified atom stereocenters. The molecular formula is C64H67N3S7. The van der Waals surface area contributed by atoms with Gasteiger partial charge in [-0.25, -0.2) is 9.97 Å². The van der Waals surface area contributed by atoms with Crippen molar-refractivity contribution in [2.75, 3.05) is 0 Å². The maximum Gasteiger partial charge on any atom is 0.110 e. The van der Waals surface area contributed by atoms with Crippen LogP contribution in [0.3, 0.4) is 0 Å². The SMILES string of the molecule is CCCCCCCCc1ccc(-c2nc3c(-c4ccc(-c5cccs5)s4)sc(-c4ccc(-c5cc6c(s5)c5sc(-c7cccs7)cc5n6CCCCCC)s4)c3nc2-c2ccc(CCCCCCCC)cc2)cc1. The highest BCUT2D eigenvalue weighted by molar-refractivity contribution is 7.33. The number of rotatable bonds is 26. The molecule has 0 amide bonds. The quantitative estimate of drug-likeness (QED) is 0.0506. The molecule has 74 heavy (non-hydrogen) atoms. The van der Waals surface area contributed by atoms with Gasteiger partial charge < -0.3 is 4.57 Å². The van der Waals surface area contributed by atoms with Crippen molar-refractivity contribution in [2.45, 2.75) is 143 Å². The summed E-state index contributed by atoms with van der Waals surface area (Å²) in [6.45, 7) is 7.95. The molecule has 9 heterocycles. The highest BCUT2D eigenvalue weighted by Crippen LogP contribution is 2.52. The van der Waals surface area contributed by atoms with Crippen molar-refractivity contribution in [3.05, 3.63) is 131 Å². The van der Waals surface area contributed by atoms with Gasteiger partial charge >= 0.3 is 0 Å². The fourth-order valence-electron chi connectivity index (χ4n) is 10.4. The summed E-state index contributed by atoms with van der Waals surface area (Å²) in [7, 11) is 0. The lowest BCUT2D eigenvalue weighted by Crippen LogP contribution is -1.96. The first-order chi connectivity index (χ1) is 36.6. The lowest BCUT2D eigenvalue weighted by Gasteiger charge is -2.12. The van der Waals surface area contributed by atoms with Gasteiger partial charge in [-0.05, 0) is 103 Å². The normalized spacial score (nSPS) is 11.9. The van der Waals surface area contributed by atoms with E-state index in [1.54, 1.807) is 11.3 Å². The summed E-state index contributed by atoms with van der Waals surface area (Å²) in [5.41, 5.74) is 11.8. The molecule has 0 radical (unpaired) electrons. The Kier molecular flexibility index (Phi) is 17.2. The van der Waals surface area contributed by atoms with Gasteiger partial charge in [0, 0.05) is 56.7 Å². The number of hydrogen-bond acceptors (Lipinski definition) is 9. The van der Waals surface area contributed by atoms with Crippen LogP contribution in [0.1, 0.15) is 135 Å². The molecule has 0 aliphatic carbocycles. The second-order valence-electron chi connectivity index (χ2n) is 20.0. The number of thiophene rings is 7. The lowest BCUT2D eigenvalue weighted by atomic mass is 9.98. The van der Waals surface area contributed by atoms with E-state index in [1.165, 1.54) is 183 Å². The van der Waals surface area contributed by atoms with Gasteiger partial charge in [-0.1, -0.05) is 165 Å². The van der Waals surface area contributed by atoms with Crippen molar-refractivity contribution >= 4 is 111 Å². The summed E-state index contributed by atoms with van der Waals surface area (Å²) in [5.74, 6) is 0. The van der Waals surface area contributed by atoms with E-state index in [-0.39, 0.29) is 0 Å². The lowest BCUT2D eigenvalue weighted by molar-refractivity contribution is 0.602. The molecule has 0 saturated carbocycles. The fraction of sp³-hybridized carbons (Fsp3) is 0.344. The van der Waals surface area contributed by atoms with E-state index in [9.17, 15) is 0 Å². The van der Waals surface area contributed by atoms with Gasteiger partial charge in [-0.15, -0.1) is 79.4 Å². The van der Waals surface area contributed by atoms with Gasteiger partial charge in [0.1, 0.15) is 11.0 Å². The van der Waals surface area contributed by atoms with Gasteiger partial charge in [0.2, 0.25) is 0 Å². The van der Waals surface area contributed by atoms with E-state index in [2.05, 4.69) is 145 Å². The van der Waals surface area contributed by atoms with E-state index < -0.39 is 0 Å². The Morgan fingerprint density at radius 2 is 0.797 bits per heavy atom. The maximum absolute atomic E-state index is 5.82. The van der Waals surface area contributed by atoms with E-state index in [1.807, 2.05) is 68.0 Å². The third kappa shape index (κ3) is 11.4. The van der Waals surface area contributed by atoms with E-state index in [0.29, 0.717) is 0 Å². The number of nitrogens with zero attached hydrogens (tertiary/aromatic N) is 3. The van der Waals surface area contributed by atoms with Crippen molar-refractivity contribution in [2.24, 2.45) is 0 Å². The summed E-state index contributed by atoms with van der Waals surface area (Å²) in [4.78, 5) is 24.5. The minimum atomic E-state index is 0.960. The van der Waals surface area contributed by atoms with Crippen LogP contribution in [-0.2, 0) is 19.4 Å². The molecule has 0 atom stereocenters. The van der Waals surface area contributed by atoms with Crippen LogP contribution in [0.2, 0.25) is 0 Å².